The van der Waals surface area contributed by atoms with Gasteiger partial charge >= 0.3 is 0 Å². The highest BCUT2D eigenvalue weighted by Gasteiger charge is 2.19. The van der Waals surface area contributed by atoms with Crippen LogP contribution in [0.2, 0.25) is 0 Å². The summed E-state index contributed by atoms with van der Waals surface area (Å²) in [5, 5.41) is 4.01. The molecule has 1 amide bonds. The monoisotopic (exact) mass is 493 g/mol. The molecule has 5 rings (SSSR count). The minimum absolute atomic E-state index is 0.0988. The first-order chi connectivity index (χ1) is 16.4. The zero-order valence-corrected chi connectivity index (χ0v) is 20.6. The minimum atomic E-state index is -0.203. The van der Waals surface area contributed by atoms with Crippen LogP contribution in [0.3, 0.4) is 0 Å². The lowest BCUT2D eigenvalue weighted by atomic mass is 10.2. The van der Waals surface area contributed by atoms with E-state index in [-0.39, 0.29) is 17.2 Å². The quantitative estimate of drug-likeness (QED) is 0.315. The number of hydrogen-bond donors (Lipinski definition) is 1. The van der Waals surface area contributed by atoms with Gasteiger partial charge in [0.2, 0.25) is 5.91 Å². The maximum absolute atomic E-state index is 13.6. The molecule has 0 radical (unpaired) electrons. The van der Waals surface area contributed by atoms with Crippen molar-refractivity contribution in [1.29, 1.82) is 0 Å². The van der Waals surface area contributed by atoms with E-state index >= 15 is 0 Å². The molecule has 0 atom stereocenters. The Bertz CT molecular complexity index is 1480. The Labute approximate surface area is 204 Å². The van der Waals surface area contributed by atoms with E-state index in [1.807, 2.05) is 45.0 Å². The maximum atomic E-state index is 13.6. The molecule has 174 valence electrons. The van der Waals surface area contributed by atoms with E-state index in [2.05, 4.69) is 5.32 Å². The molecule has 4 aromatic rings. The number of aryl methyl sites for hydroxylation is 3. The molecule has 34 heavy (non-hydrogen) atoms. The van der Waals surface area contributed by atoms with Crippen LogP contribution >= 0.6 is 23.1 Å². The van der Waals surface area contributed by atoms with E-state index in [0.717, 1.165) is 21.7 Å². The second kappa shape index (κ2) is 9.15. The fourth-order valence-corrected chi connectivity index (χ4v) is 5.70. The molecule has 0 spiro atoms. The van der Waals surface area contributed by atoms with Crippen molar-refractivity contribution in [2.45, 2.75) is 25.9 Å². The summed E-state index contributed by atoms with van der Waals surface area (Å²) in [5.41, 5.74) is 3.23. The Balaban J connectivity index is 1.44. The standard InChI is InChI=1S/C25H23N3O4S2/c1-14-5-4-6-18(11-14)28-24(30)22-15(2)16(3)34-23(22)27-25(28)33-13-21(29)26-17-7-8-19-20(12-17)32-10-9-31-19/h4-8,11-12H,9-10,13H2,1-3H3,(H,26,29). The molecule has 0 bridgehead atoms. The Hall–Kier alpha value is -3.30. The zero-order valence-electron chi connectivity index (χ0n) is 19.0. The normalized spacial score (nSPS) is 12.7. The number of anilines is 1. The first-order valence-electron chi connectivity index (χ1n) is 10.8. The van der Waals surface area contributed by atoms with Gasteiger partial charge in [0.15, 0.2) is 16.7 Å². The third kappa shape index (κ3) is 4.28. The van der Waals surface area contributed by atoms with Gasteiger partial charge in [-0.15, -0.1) is 11.3 Å². The van der Waals surface area contributed by atoms with Crippen LogP contribution in [0.25, 0.3) is 15.9 Å². The number of nitrogens with one attached hydrogen (secondary N) is 1. The molecule has 0 aliphatic carbocycles. The highest BCUT2D eigenvalue weighted by atomic mass is 32.2. The first-order valence-corrected chi connectivity index (χ1v) is 12.6. The molecule has 2 aromatic carbocycles. The lowest BCUT2D eigenvalue weighted by molar-refractivity contribution is -0.113. The smallest absolute Gasteiger partial charge is 0.267 e. The third-order valence-corrected chi connectivity index (χ3v) is 7.63. The van der Waals surface area contributed by atoms with Crippen LogP contribution < -0.4 is 20.3 Å². The summed E-state index contributed by atoms with van der Waals surface area (Å²) >= 11 is 2.74. The number of benzene rings is 2. The Kier molecular flexibility index (Phi) is 6.05. The highest BCUT2D eigenvalue weighted by Crippen LogP contribution is 2.33. The van der Waals surface area contributed by atoms with Gasteiger partial charge in [-0.25, -0.2) is 4.98 Å². The lowest BCUT2D eigenvalue weighted by Gasteiger charge is -2.19. The molecule has 0 saturated carbocycles. The van der Waals surface area contributed by atoms with Crippen molar-refractivity contribution < 1.29 is 14.3 Å². The predicted octanol–water partition coefficient (Wildman–Crippen LogP) is 4.87. The Morgan fingerprint density at radius 1 is 1.12 bits per heavy atom. The van der Waals surface area contributed by atoms with E-state index < -0.39 is 0 Å². The van der Waals surface area contributed by atoms with Crippen LogP contribution in [0.15, 0.2) is 52.4 Å². The number of hydrogen-bond acceptors (Lipinski definition) is 7. The molecule has 1 N–H and O–H groups in total. The largest absolute Gasteiger partial charge is 0.486 e. The number of fused-ring (bicyclic) bond motifs is 2. The highest BCUT2D eigenvalue weighted by molar-refractivity contribution is 7.99. The van der Waals surface area contributed by atoms with Gasteiger partial charge in [0, 0.05) is 16.6 Å². The summed E-state index contributed by atoms with van der Waals surface area (Å²) in [7, 11) is 0. The Morgan fingerprint density at radius 3 is 2.71 bits per heavy atom. The van der Waals surface area contributed by atoms with E-state index in [4.69, 9.17) is 14.5 Å². The van der Waals surface area contributed by atoms with Crippen molar-refractivity contribution in [3.63, 3.8) is 0 Å². The number of amides is 1. The zero-order chi connectivity index (χ0) is 23.8. The average Bonchev–Trinajstić information content (AvgIpc) is 3.11. The number of thioether (sulfide) groups is 1. The van der Waals surface area contributed by atoms with E-state index in [9.17, 15) is 9.59 Å². The van der Waals surface area contributed by atoms with Gasteiger partial charge in [0.25, 0.3) is 5.56 Å². The van der Waals surface area contributed by atoms with Crippen molar-refractivity contribution in [3.05, 3.63) is 68.8 Å². The molecule has 0 saturated heterocycles. The van der Waals surface area contributed by atoms with Crippen LogP contribution in [-0.2, 0) is 4.79 Å². The van der Waals surface area contributed by atoms with Gasteiger partial charge < -0.3 is 14.8 Å². The number of ether oxygens (including phenoxy) is 2. The molecular weight excluding hydrogens is 470 g/mol. The fourth-order valence-electron chi connectivity index (χ4n) is 3.82. The number of carbonyl (C=O) groups is 1. The van der Waals surface area contributed by atoms with E-state index in [1.165, 1.54) is 23.1 Å². The van der Waals surface area contributed by atoms with Gasteiger partial charge in [0.05, 0.1) is 16.8 Å². The van der Waals surface area contributed by atoms with Gasteiger partial charge in [-0.1, -0.05) is 23.9 Å². The summed E-state index contributed by atoms with van der Waals surface area (Å²) in [6.45, 7) is 6.91. The summed E-state index contributed by atoms with van der Waals surface area (Å²) in [4.78, 5) is 32.8. The van der Waals surface area contributed by atoms with Crippen molar-refractivity contribution in [3.8, 4) is 17.2 Å². The second-order valence-electron chi connectivity index (χ2n) is 8.03. The van der Waals surface area contributed by atoms with Gasteiger partial charge in [-0.3, -0.25) is 14.2 Å². The number of aromatic nitrogens is 2. The molecule has 1 aliphatic heterocycles. The van der Waals surface area contributed by atoms with Crippen LogP contribution in [0, 0.1) is 20.8 Å². The molecular formula is C25H23N3O4S2. The van der Waals surface area contributed by atoms with Crippen LogP contribution in [0.4, 0.5) is 5.69 Å². The van der Waals surface area contributed by atoms with Crippen LogP contribution in [-0.4, -0.2) is 34.4 Å². The molecule has 0 unspecified atom stereocenters. The predicted molar refractivity (Wildman–Crippen MR) is 136 cm³/mol. The Morgan fingerprint density at radius 2 is 1.91 bits per heavy atom. The lowest BCUT2D eigenvalue weighted by Crippen LogP contribution is -2.23. The number of nitrogens with zero attached hydrogens (tertiary/aromatic N) is 2. The minimum Gasteiger partial charge on any atom is -0.486 e. The maximum Gasteiger partial charge on any atom is 0.267 e. The fraction of sp³-hybridized carbons (Fsp3) is 0.240. The van der Waals surface area contributed by atoms with Gasteiger partial charge in [-0.2, -0.15) is 0 Å². The molecule has 9 heteroatoms. The first kappa shape index (κ1) is 22.5. The van der Waals surface area contributed by atoms with Gasteiger partial charge in [0.1, 0.15) is 18.0 Å². The molecule has 2 aromatic heterocycles. The third-order valence-electron chi connectivity index (χ3n) is 5.59. The van der Waals surface area contributed by atoms with Crippen molar-refractivity contribution in [2.24, 2.45) is 0 Å². The van der Waals surface area contributed by atoms with Crippen molar-refractivity contribution >= 4 is 44.9 Å². The summed E-state index contributed by atoms with van der Waals surface area (Å²) in [6.07, 6.45) is 0. The van der Waals surface area contributed by atoms with Gasteiger partial charge in [-0.05, 0) is 56.2 Å². The summed E-state index contributed by atoms with van der Waals surface area (Å²) in [6, 6.07) is 13.0. The van der Waals surface area contributed by atoms with E-state index in [0.29, 0.717) is 45.8 Å². The summed E-state index contributed by atoms with van der Waals surface area (Å²) in [5.74, 6) is 1.17. The van der Waals surface area contributed by atoms with Crippen LogP contribution in [0.5, 0.6) is 11.5 Å². The second-order valence-corrected chi connectivity index (χ2v) is 10.2. The molecule has 0 fully saturated rings. The topological polar surface area (TPSA) is 82.5 Å². The van der Waals surface area contributed by atoms with Crippen molar-refractivity contribution in [2.75, 3.05) is 24.3 Å². The number of carbonyl (C=O) groups excluding carboxylic acids is 1. The van der Waals surface area contributed by atoms with E-state index in [1.54, 1.807) is 22.8 Å². The molecule has 1 aliphatic rings. The number of thiophene rings is 1. The SMILES string of the molecule is Cc1cccc(-n2c(SCC(=O)Nc3ccc4c(c3)OCCO4)nc3sc(C)c(C)c3c2=O)c1. The molecule has 3 heterocycles. The molecule has 7 nitrogen and oxygen atoms in total. The number of rotatable bonds is 5. The average molecular weight is 494 g/mol. The summed E-state index contributed by atoms with van der Waals surface area (Å²) < 4.78 is 12.7. The van der Waals surface area contributed by atoms with Crippen molar-refractivity contribution in [1.82, 2.24) is 9.55 Å². The van der Waals surface area contributed by atoms with Crippen LogP contribution in [0.1, 0.15) is 16.0 Å².